The molecule has 112 valence electrons. The third-order valence-corrected chi connectivity index (χ3v) is 3.36. The molecule has 7 nitrogen and oxygen atoms in total. The second kappa shape index (κ2) is 6.27. The first kappa shape index (κ1) is 14.9. The monoisotopic (exact) mass is 289 g/mol. The Bertz CT molecular complexity index is 598. The van der Waals surface area contributed by atoms with E-state index in [1.54, 1.807) is 14.0 Å². The molecule has 2 amide bonds. The Labute approximate surface area is 122 Å². The first-order valence-corrected chi connectivity index (χ1v) is 6.56. The van der Waals surface area contributed by atoms with Crippen LogP contribution in [-0.4, -0.2) is 39.3 Å². The van der Waals surface area contributed by atoms with Crippen molar-refractivity contribution in [1.29, 1.82) is 0 Å². The summed E-state index contributed by atoms with van der Waals surface area (Å²) in [5.41, 5.74) is 6.25. The molecule has 0 saturated carbocycles. The first-order valence-electron chi connectivity index (χ1n) is 6.56. The molecule has 0 bridgehead atoms. The Kier molecular flexibility index (Phi) is 4.44. The highest BCUT2D eigenvalue weighted by Gasteiger charge is 2.24. The van der Waals surface area contributed by atoms with Gasteiger partial charge in [-0.3, -0.25) is 10.4 Å². The quantitative estimate of drug-likeness (QED) is 0.685. The van der Waals surface area contributed by atoms with Gasteiger partial charge in [-0.05, 0) is 12.5 Å². The molecule has 0 unspecified atom stereocenters. The number of likely N-dealkylation sites (N-methyl/N-ethyl adjacent to an activating group) is 1. The number of benzene rings is 1. The first-order chi connectivity index (χ1) is 9.99. The van der Waals surface area contributed by atoms with Gasteiger partial charge in [0, 0.05) is 13.1 Å². The molecule has 1 aromatic carbocycles. The Morgan fingerprint density at radius 2 is 2.10 bits per heavy atom. The minimum atomic E-state index is -0.772. The predicted octanol–water partition coefficient (Wildman–Crippen LogP) is 1.58. The summed E-state index contributed by atoms with van der Waals surface area (Å²) in [6.45, 7) is 1.77. The molecule has 5 N–H and O–H groups in total. The van der Waals surface area contributed by atoms with Gasteiger partial charge in [-0.15, -0.1) is 0 Å². The minimum absolute atomic E-state index is 0.339. The van der Waals surface area contributed by atoms with Crippen LogP contribution >= 0.6 is 0 Å². The molecule has 0 fully saturated rings. The lowest BCUT2D eigenvalue weighted by molar-refractivity contribution is 0.0894. The fraction of sp³-hybridized carbons (Fsp3) is 0.286. The number of aromatic amines is 1. The van der Waals surface area contributed by atoms with Crippen LogP contribution in [0.2, 0.25) is 0 Å². The van der Waals surface area contributed by atoms with Crippen molar-refractivity contribution >= 4 is 17.7 Å². The summed E-state index contributed by atoms with van der Waals surface area (Å²) in [5.74, 6) is 0.705. The van der Waals surface area contributed by atoms with Crippen molar-refractivity contribution in [2.45, 2.75) is 19.1 Å². The molecule has 2 aromatic rings. The molecule has 1 aromatic heterocycles. The zero-order valence-corrected chi connectivity index (χ0v) is 11.9. The normalized spacial score (nSPS) is 13.5. The largest absolute Gasteiger partial charge is 0.386 e. The van der Waals surface area contributed by atoms with Crippen LogP contribution in [0.25, 0.3) is 0 Å². The minimum Gasteiger partial charge on any atom is -0.386 e. The number of nitrogens with zero attached hydrogens (tertiary/aromatic N) is 2. The molecule has 0 aliphatic heterocycles. The van der Waals surface area contributed by atoms with E-state index in [1.165, 1.54) is 11.0 Å². The van der Waals surface area contributed by atoms with Crippen LogP contribution in [0, 0.1) is 0 Å². The molecule has 0 aliphatic carbocycles. The van der Waals surface area contributed by atoms with Crippen LogP contribution in [-0.2, 0) is 0 Å². The van der Waals surface area contributed by atoms with Gasteiger partial charge < -0.3 is 15.7 Å². The summed E-state index contributed by atoms with van der Waals surface area (Å²) in [6, 6.07) is 9.95. The molecular weight excluding hydrogens is 270 g/mol. The Morgan fingerprint density at radius 1 is 1.43 bits per heavy atom. The number of urea groups is 1. The number of aliphatic hydroxyl groups is 1. The zero-order chi connectivity index (χ0) is 15.4. The van der Waals surface area contributed by atoms with Gasteiger partial charge in [0.05, 0.1) is 12.1 Å². The number of carbonyl (C=O) groups is 1. The maximum Gasteiger partial charge on any atom is 0.323 e. The number of H-pyrrole nitrogens is 1. The number of nitrogens with two attached hydrogens (primary N) is 1. The van der Waals surface area contributed by atoms with Crippen molar-refractivity contribution in [1.82, 2.24) is 15.1 Å². The average Bonchev–Trinajstić information content (AvgIpc) is 2.90. The predicted molar refractivity (Wildman–Crippen MR) is 80.6 cm³/mol. The Morgan fingerprint density at radius 3 is 2.67 bits per heavy atom. The van der Waals surface area contributed by atoms with Crippen LogP contribution < -0.4 is 11.1 Å². The van der Waals surface area contributed by atoms with Crippen molar-refractivity contribution in [3.8, 4) is 0 Å². The number of aromatic nitrogens is 2. The average molecular weight is 289 g/mol. The molecule has 1 heterocycles. The van der Waals surface area contributed by atoms with E-state index in [1.807, 2.05) is 30.3 Å². The SMILES string of the molecule is C[C@@H]([C@@H](O)c1ccccc1)N(C)C(=O)Nc1cc(N)[nH]n1. The van der Waals surface area contributed by atoms with E-state index in [0.717, 1.165) is 5.56 Å². The van der Waals surface area contributed by atoms with Crippen molar-refractivity contribution in [2.24, 2.45) is 0 Å². The smallest absolute Gasteiger partial charge is 0.323 e. The van der Waals surface area contributed by atoms with E-state index in [9.17, 15) is 9.90 Å². The molecular formula is C14H19N5O2. The van der Waals surface area contributed by atoms with E-state index in [-0.39, 0.29) is 6.03 Å². The maximum absolute atomic E-state index is 12.1. The summed E-state index contributed by atoms with van der Waals surface area (Å²) < 4.78 is 0. The highest BCUT2D eigenvalue weighted by molar-refractivity contribution is 5.88. The van der Waals surface area contributed by atoms with Gasteiger partial charge in [0.2, 0.25) is 0 Å². The third kappa shape index (κ3) is 3.51. The highest BCUT2D eigenvalue weighted by atomic mass is 16.3. The number of nitrogens with one attached hydrogen (secondary N) is 2. The van der Waals surface area contributed by atoms with Crippen LogP contribution in [0.3, 0.4) is 0 Å². The topological polar surface area (TPSA) is 107 Å². The van der Waals surface area contributed by atoms with Crippen LogP contribution in [0.4, 0.5) is 16.4 Å². The van der Waals surface area contributed by atoms with Gasteiger partial charge in [-0.25, -0.2) is 4.79 Å². The van der Waals surface area contributed by atoms with Gasteiger partial charge in [-0.1, -0.05) is 30.3 Å². The van der Waals surface area contributed by atoms with Gasteiger partial charge in [0.15, 0.2) is 5.82 Å². The zero-order valence-electron chi connectivity index (χ0n) is 11.9. The maximum atomic E-state index is 12.1. The second-order valence-electron chi connectivity index (χ2n) is 4.85. The molecule has 21 heavy (non-hydrogen) atoms. The van der Waals surface area contributed by atoms with Crippen LogP contribution in [0.1, 0.15) is 18.6 Å². The highest BCUT2D eigenvalue weighted by Crippen LogP contribution is 2.20. The number of hydrogen-bond acceptors (Lipinski definition) is 4. The summed E-state index contributed by atoms with van der Waals surface area (Å²) in [4.78, 5) is 13.5. The number of anilines is 2. The molecule has 2 rings (SSSR count). The number of nitrogen functional groups attached to an aromatic ring is 1. The van der Waals surface area contributed by atoms with Crippen LogP contribution in [0.15, 0.2) is 36.4 Å². The van der Waals surface area contributed by atoms with Crippen molar-refractivity contribution < 1.29 is 9.90 Å². The summed E-state index contributed by atoms with van der Waals surface area (Å²) in [7, 11) is 1.61. The number of rotatable bonds is 4. The molecule has 7 heteroatoms. The van der Waals surface area contributed by atoms with Crippen molar-refractivity contribution in [2.75, 3.05) is 18.1 Å². The van der Waals surface area contributed by atoms with E-state index in [0.29, 0.717) is 11.6 Å². The van der Waals surface area contributed by atoms with Gasteiger partial charge in [0.1, 0.15) is 5.82 Å². The van der Waals surface area contributed by atoms with Crippen molar-refractivity contribution in [3.63, 3.8) is 0 Å². The van der Waals surface area contributed by atoms with Gasteiger partial charge in [-0.2, -0.15) is 5.10 Å². The lowest BCUT2D eigenvalue weighted by Crippen LogP contribution is -2.41. The van der Waals surface area contributed by atoms with Gasteiger partial charge >= 0.3 is 6.03 Å². The van der Waals surface area contributed by atoms with Crippen LogP contribution in [0.5, 0.6) is 0 Å². The number of aliphatic hydroxyl groups excluding tert-OH is 1. The fourth-order valence-electron chi connectivity index (χ4n) is 1.92. The Balaban J connectivity index is 2.01. The molecule has 0 radical (unpaired) electrons. The van der Waals surface area contributed by atoms with Gasteiger partial charge in [0.25, 0.3) is 0 Å². The summed E-state index contributed by atoms with van der Waals surface area (Å²) >= 11 is 0. The van der Waals surface area contributed by atoms with E-state index in [2.05, 4.69) is 15.5 Å². The molecule has 0 saturated heterocycles. The third-order valence-electron chi connectivity index (χ3n) is 3.36. The number of hydrogen-bond donors (Lipinski definition) is 4. The van der Waals surface area contributed by atoms with Crippen molar-refractivity contribution in [3.05, 3.63) is 42.0 Å². The van der Waals surface area contributed by atoms with E-state index in [4.69, 9.17) is 5.73 Å². The van der Waals surface area contributed by atoms with E-state index >= 15 is 0 Å². The lowest BCUT2D eigenvalue weighted by atomic mass is 10.0. The molecule has 0 aliphatic rings. The number of carbonyl (C=O) groups excluding carboxylic acids is 1. The lowest BCUT2D eigenvalue weighted by Gasteiger charge is -2.29. The standard InChI is InChI=1S/C14H19N5O2/c1-9(13(20)10-6-4-3-5-7-10)19(2)14(21)16-12-8-11(15)17-18-12/h3-9,13,20H,1-2H3,(H4,15,16,17,18,21)/t9-,13+/m0/s1. The number of amides is 2. The Hall–Kier alpha value is -2.54. The molecule has 2 atom stereocenters. The summed E-state index contributed by atoms with van der Waals surface area (Å²) in [6.07, 6.45) is -0.772. The molecule has 0 spiro atoms. The summed E-state index contributed by atoms with van der Waals surface area (Å²) in [5, 5.41) is 19.3. The van der Waals surface area contributed by atoms with E-state index < -0.39 is 12.1 Å². The fourth-order valence-corrected chi connectivity index (χ4v) is 1.92. The second-order valence-corrected chi connectivity index (χ2v) is 4.85.